The monoisotopic (exact) mass is 331 g/mol. The van der Waals surface area contributed by atoms with Crippen molar-refractivity contribution in [2.45, 2.75) is 38.4 Å². The Hall–Kier alpha value is -1.43. The molecule has 132 valence electrons. The summed E-state index contributed by atoms with van der Waals surface area (Å²) in [7, 11) is 0. The molecular weight excluding hydrogens is 302 g/mol. The molecule has 3 rings (SSSR count). The highest BCUT2D eigenvalue weighted by Crippen LogP contribution is 2.21. The summed E-state index contributed by atoms with van der Waals surface area (Å²) in [4.78, 5) is 14.7. The molecule has 0 aromatic heterocycles. The van der Waals surface area contributed by atoms with Crippen molar-refractivity contribution >= 4 is 5.91 Å². The van der Waals surface area contributed by atoms with E-state index in [0.29, 0.717) is 18.9 Å². The number of amides is 1. The van der Waals surface area contributed by atoms with E-state index in [1.54, 1.807) is 0 Å². The summed E-state index contributed by atoms with van der Waals surface area (Å²) in [6.07, 6.45) is 1.66. The first-order chi connectivity index (χ1) is 11.7. The van der Waals surface area contributed by atoms with Crippen LogP contribution in [0.2, 0.25) is 0 Å². The first kappa shape index (κ1) is 17.4. The van der Waals surface area contributed by atoms with Gasteiger partial charge in [-0.05, 0) is 31.4 Å². The summed E-state index contributed by atoms with van der Waals surface area (Å²) < 4.78 is 5.41. The average Bonchev–Trinajstić information content (AvgIpc) is 3.05. The zero-order chi connectivity index (χ0) is 16.8. The number of carbonyl (C=O) groups is 1. The summed E-state index contributed by atoms with van der Waals surface area (Å²) in [6.45, 7) is 7.52. The van der Waals surface area contributed by atoms with Crippen LogP contribution >= 0.6 is 0 Å². The zero-order valence-corrected chi connectivity index (χ0v) is 14.5. The number of nitrogens with one attached hydrogen (secondary N) is 2. The Morgan fingerprint density at radius 1 is 1.42 bits per heavy atom. The maximum absolute atomic E-state index is 12.2. The van der Waals surface area contributed by atoms with E-state index in [1.165, 1.54) is 5.56 Å². The Bertz CT molecular complexity index is 517. The van der Waals surface area contributed by atoms with Gasteiger partial charge in [-0.25, -0.2) is 0 Å². The molecule has 0 bridgehead atoms. The van der Waals surface area contributed by atoms with Gasteiger partial charge in [-0.2, -0.15) is 0 Å². The molecule has 5 nitrogen and oxygen atoms in total. The summed E-state index contributed by atoms with van der Waals surface area (Å²) in [5, 5.41) is 6.53. The lowest BCUT2D eigenvalue weighted by atomic mass is 10.00. The summed E-state index contributed by atoms with van der Waals surface area (Å²) in [5.41, 5.74) is 1.36. The minimum atomic E-state index is 0.131. The van der Waals surface area contributed by atoms with Gasteiger partial charge in [0.2, 0.25) is 5.91 Å². The van der Waals surface area contributed by atoms with Crippen molar-refractivity contribution in [3.8, 4) is 0 Å². The Kier molecular flexibility index (Phi) is 6.24. The highest BCUT2D eigenvalue weighted by Gasteiger charge is 2.28. The third kappa shape index (κ3) is 5.03. The van der Waals surface area contributed by atoms with Crippen LogP contribution in [-0.2, 0) is 16.1 Å². The predicted molar refractivity (Wildman–Crippen MR) is 94.7 cm³/mol. The van der Waals surface area contributed by atoms with Gasteiger partial charge >= 0.3 is 0 Å². The maximum atomic E-state index is 12.2. The Balaban J connectivity index is 1.40. The molecule has 1 amide bonds. The van der Waals surface area contributed by atoms with Gasteiger partial charge < -0.3 is 15.4 Å². The maximum Gasteiger partial charge on any atom is 0.221 e. The van der Waals surface area contributed by atoms with Crippen LogP contribution in [0.15, 0.2) is 30.3 Å². The standard InChI is InChI=1S/C19H29N3O2/c1-15(21-19(23)11-18-14-24-10-8-20-18)17-7-9-22(13-17)12-16-5-3-2-4-6-16/h2-6,15,17-18,20H,7-14H2,1H3,(H,21,23). The third-order valence-electron chi connectivity index (χ3n) is 5.08. The highest BCUT2D eigenvalue weighted by molar-refractivity contribution is 5.76. The van der Waals surface area contributed by atoms with Crippen molar-refractivity contribution < 1.29 is 9.53 Å². The number of hydrogen-bond donors (Lipinski definition) is 2. The lowest BCUT2D eigenvalue weighted by Crippen LogP contribution is -2.46. The molecule has 1 aromatic carbocycles. The molecule has 1 aromatic rings. The fourth-order valence-electron chi connectivity index (χ4n) is 3.66. The van der Waals surface area contributed by atoms with Crippen molar-refractivity contribution in [3.05, 3.63) is 35.9 Å². The van der Waals surface area contributed by atoms with E-state index < -0.39 is 0 Å². The van der Waals surface area contributed by atoms with Gasteiger partial charge in [0, 0.05) is 38.1 Å². The van der Waals surface area contributed by atoms with Crippen molar-refractivity contribution in [2.75, 3.05) is 32.8 Å². The molecule has 0 saturated carbocycles. The number of hydrogen-bond acceptors (Lipinski definition) is 4. The molecule has 2 saturated heterocycles. The number of morpholine rings is 1. The first-order valence-electron chi connectivity index (χ1n) is 9.07. The van der Waals surface area contributed by atoms with Crippen LogP contribution < -0.4 is 10.6 Å². The average molecular weight is 331 g/mol. The molecule has 0 radical (unpaired) electrons. The van der Waals surface area contributed by atoms with Gasteiger partial charge in [0.05, 0.1) is 13.2 Å². The van der Waals surface area contributed by atoms with Gasteiger partial charge in [-0.1, -0.05) is 30.3 Å². The Morgan fingerprint density at radius 3 is 3.00 bits per heavy atom. The molecule has 0 aliphatic carbocycles. The second-order valence-corrected chi connectivity index (χ2v) is 7.06. The summed E-state index contributed by atoms with van der Waals surface area (Å²) >= 11 is 0. The lowest BCUT2D eigenvalue weighted by Gasteiger charge is -2.25. The van der Waals surface area contributed by atoms with E-state index in [4.69, 9.17) is 4.74 Å². The minimum Gasteiger partial charge on any atom is -0.378 e. The SMILES string of the molecule is CC(NC(=O)CC1COCCN1)C1CCN(Cc2ccccc2)C1. The first-order valence-corrected chi connectivity index (χ1v) is 9.07. The van der Waals surface area contributed by atoms with E-state index in [2.05, 4.69) is 52.8 Å². The number of likely N-dealkylation sites (tertiary alicyclic amines) is 1. The molecule has 2 heterocycles. The molecule has 3 atom stereocenters. The normalized spacial score (nSPS) is 26.2. The lowest BCUT2D eigenvalue weighted by molar-refractivity contribution is -0.123. The molecule has 2 aliphatic heterocycles. The number of carbonyl (C=O) groups excluding carboxylic acids is 1. The fourth-order valence-corrected chi connectivity index (χ4v) is 3.66. The molecule has 2 N–H and O–H groups in total. The number of benzene rings is 1. The molecule has 24 heavy (non-hydrogen) atoms. The minimum absolute atomic E-state index is 0.131. The quantitative estimate of drug-likeness (QED) is 0.827. The second-order valence-electron chi connectivity index (χ2n) is 7.06. The molecule has 2 fully saturated rings. The van der Waals surface area contributed by atoms with Gasteiger partial charge in [-0.15, -0.1) is 0 Å². The summed E-state index contributed by atoms with van der Waals surface area (Å²) in [5.74, 6) is 0.667. The fraction of sp³-hybridized carbons (Fsp3) is 0.632. The highest BCUT2D eigenvalue weighted by atomic mass is 16.5. The van der Waals surface area contributed by atoms with Gasteiger partial charge in [0.25, 0.3) is 0 Å². The number of nitrogens with zero attached hydrogens (tertiary/aromatic N) is 1. The van der Waals surface area contributed by atoms with E-state index >= 15 is 0 Å². The van der Waals surface area contributed by atoms with E-state index in [-0.39, 0.29) is 18.0 Å². The number of ether oxygens (including phenoxy) is 1. The van der Waals surface area contributed by atoms with E-state index in [0.717, 1.165) is 39.2 Å². The largest absolute Gasteiger partial charge is 0.378 e. The third-order valence-corrected chi connectivity index (χ3v) is 5.08. The van der Waals surface area contributed by atoms with Crippen LogP contribution in [0.5, 0.6) is 0 Å². The zero-order valence-electron chi connectivity index (χ0n) is 14.5. The van der Waals surface area contributed by atoms with Crippen molar-refractivity contribution in [1.29, 1.82) is 0 Å². The number of rotatable bonds is 6. The Morgan fingerprint density at radius 2 is 2.25 bits per heavy atom. The molecule has 2 aliphatic rings. The molecule has 0 spiro atoms. The van der Waals surface area contributed by atoms with Crippen LogP contribution in [-0.4, -0.2) is 55.7 Å². The van der Waals surface area contributed by atoms with Crippen LogP contribution in [0.25, 0.3) is 0 Å². The van der Waals surface area contributed by atoms with Crippen LogP contribution in [0.3, 0.4) is 0 Å². The van der Waals surface area contributed by atoms with Gasteiger partial charge in [0.1, 0.15) is 0 Å². The van der Waals surface area contributed by atoms with E-state index in [9.17, 15) is 4.79 Å². The second kappa shape index (κ2) is 8.60. The van der Waals surface area contributed by atoms with Crippen LogP contribution in [0, 0.1) is 5.92 Å². The summed E-state index contributed by atoms with van der Waals surface area (Å²) in [6, 6.07) is 11.0. The molecule has 3 unspecified atom stereocenters. The topological polar surface area (TPSA) is 53.6 Å². The van der Waals surface area contributed by atoms with Crippen molar-refractivity contribution in [1.82, 2.24) is 15.5 Å². The molecular formula is C19H29N3O2. The molecule has 5 heteroatoms. The smallest absolute Gasteiger partial charge is 0.221 e. The van der Waals surface area contributed by atoms with Crippen molar-refractivity contribution in [2.24, 2.45) is 5.92 Å². The van der Waals surface area contributed by atoms with E-state index in [1.807, 2.05) is 0 Å². The predicted octanol–water partition coefficient (Wildman–Crippen LogP) is 1.39. The van der Waals surface area contributed by atoms with Crippen LogP contribution in [0.4, 0.5) is 0 Å². The van der Waals surface area contributed by atoms with Gasteiger partial charge in [-0.3, -0.25) is 9.69 Å². The van der Waals surface area contributed by atoms with Gasteiger partial charge in [0.15, 0.2) is 0 Å². The van der Waals surface area contributed by atoms with Crippen molar-refractivity contribution in [3.63, 3.8) is 0 Å². The Labute approximate surface area is 144 Å². The van der Waals surface area contributed by atoms with Crippen LogP contribution in [0.1, 0.15) is 25.3 Å².